The molecule has 0 aliphatic carbocycles. The van der Waals surface area contributed by atoms with Gasteiger partial charge in [0.2, 0.25) is 0 Å². The molecule has 0 bridgehead atoms. The maximum absolute atomic E-state index is 8.80. The Labute approximate surface area is 110 Å². The fourth-order valence-electron chi connectivity index (χ4n) is 1.57. The van der Waals surface area contributed by atoms with E-state index in [9.17, 15) is 0 Å². The second-order valence-corrected chi connectivity index (χ2v) is 5.72. The smallest absolute Gasteiger partial charge is 0.0991 e. The van der Waals surface area contributed by atoms with Crippen LogP contribution < -0.4 is 5.32 Å². The third kappa shape index (κ3) is 3.72. The monoisotopic (exact) mass is 242 g/mol. The van der Waals surface area contributed by atoms with Crippen LogP contribution in [0.5, 0.6) is 0 Å². The summed E-state index contributed by atoms with van der Waals surface area (Å²) in [4.78, 5) is 0. The Bertz CT molecular complexity index is 459. The number of rotatable bonds is 4. The Morgan fingerprint density at radius 1 is 1.06 bits per heavy atom. The summed E-state index contributed by atoms with van der Waals surface area (Å²) in [5, 5.41) is 12.1. The zero-order valence-electron chi connectivity index (χ0n) is 11.9. The summed E-state index contributed by atoms with van der Waals surface area (Å²) in [6.07, 6.45) is 4.40. The molecule has 0 radical (unpaired) electrons. The minimum Gasteiger partial charge on any atom is -0.311 e. The molecule has 0 heterocycles. The molecule has 0 saturated heterocycles. The Morgan fingerprint density at radius 3 is 2.06 bits per heavy atom. The van der Waals surface area contributed by atoms with Crippen molar-refractivity contribution < 1.29 is 0 Å². The zero-order valence-corrected chi connectivity index (χ0v) is 11.9. The Kier molecular flexibility index (Phi) is 4.32. The van der Waals surface area contributed by atoms with Gasteiger partial charge in [0.1, 0.15) is 0 Å². The van der Waals surface area contributed by atoms with E-state index in [2.05, 4.69) is 51.2 Å². The van der Waals surface area contributed by atoms with Crippen molar-refractivity contribution in [1.82, 2.24) is 5.32 Å². The number of hydrogen-bond donors (Lipinski definition) is 1. The van der Waals surface area contributed by atoms with Crippen molar-refractivity contribution in [2.75, 3.05) is 7.05 Å². The predicted molar refractivity (Wildman–Crippen MR) is 76.5 cm³/mol. The quantitative estimate of drug-likeness (QED) is 0.821. The first-order valence-electron chi connectivity index (χ1n) is 6.21. The molecule has 0 aliphatic heterocycles. The van der Waals surface area contributed by atoms with E-state index >= 15 is 0 Å². The lowest BCUT2D eigenvalue weighted by Gasteiger charge is -2.25. The summed E-state index contributed by atoms with van der Waals surface area (Å²) < 4.78 is 0. The molecule has 0 fully saturated rings. The van der Waals surface area contributed by atoms with Crippen molar-refractivity contribution in [1.29, 1.82) is 5.26 Å². The van der Waals surface area contributed by atoms with E-state index in [1.165, 1.54) is 5.56 Å². The largest absolute Gasteiger partial charge is 0.311 e. The van der Waals surface area contributed by atoms with E-state index in [-0.39, 0.29) is 11.0 Å². The van der Waals surface area contributed by atoms with Crippen LogP contribution in [0.15, 0.2) is 36.4 Å². The molecule has 0 unspecified atom stereocenters. The molecule has 0 atom stereocenters. The fraction of sp³-hybridized carbons (Fsp3) is 0.438. The molecule has 1 rings (SSSR count). The summed E-state index contributed by atoms with van der Waals surface area (Å²) in [6, 6.07) is 9.93. The van der Waals surface area contributed by atoms with E-state index in [4.69, 9.17) is 5.26 Å². The number of hydrogen-bond acceptors (Lipinski definition) is 2. The van der Waals surface area contributed by atoms with Crippen LogP contribution in [0.3, 0.4) is 0 Å². The summed E-state index contributed by atoms with van der Waals surface area (Å²) >= 11 is 0. The van der Waals surface area contributed by atoms with Crippen LogP contribution in [0.2, 0.25) is 0 Å². The number of nitrogens with zero attached hydrogens (tertiary/aromatic N) is 1. The van der Waals surface area contributed by atoms with Gasteiger partial charge in [-0.15, -0.1) is 0 Å². The van der Waals surface area contributed by atoms with Crippen molar-refractivity contribution in [3.63, 3.8) is 0 Å². The molecule has 0 amide bonds. The Morgan fingerprint density at radius 2 is 1.61 bits per heavy atom. The Hall–Kier alpha value is -1.59. The molecule has 18 heavy (non-hydrogen) atoms. The number of likely N-dealkylation sites (N-methyl/N-ethyl adjacent to an activating group) is 1. The predicted octanol–water partition coefficient (Wildman–Crippen LogP) is 3.39. The van der Waals surface area contributed by atoms with Crippen molar-refractivity contribution >= 4 is 0 Å². The van der Waals surface area contributed by atoms with Gasteiger partial charge >= 0.3 is 0 Å². The molecule has 96 valence electrons. The van der Waals surface area contributed by atoms with Gasteiger partial charge in [-0.1, -0.05) is 38.1 Å². The Balaban J connectivity index is 2.95. The molecular formula is C16H22N2. The van der Waals surface area contributed by atoms with Crippen LogP contribution in [-0.2, 0) is 5.41 Å². The van der Waals surface area contributed by atoms with Gasteiger partial charge in [-0.2, -0.15) is 5.26 Å². The van der Waals surface area contributed by atoms with E-state index < -0.39 is 0 Å². The number of benzene rings is 1. The third-order valence-corrected chi connectivity index (χ3v) is 3.32. The lowest BCUT2D eigenvalue weighted by molar-refractivity contribution is 0.519. The van der Waals surface area contributed by atoms with Crippen LogP contribution in [0, 0.1) is 11.3 Å². The average Bonchev–Trinajstić information content (AvgIpc) is 2.37. The molecule has 0 aliphatic rings. The van der Waals surface area contributed by atoms with Crippen molar-refractivity contribution in [3.05, 3.63) is 47.5 Å². The number of allylic oxidation sites excluding steroid dienone is 1. The highest BCUT2D eigenvalue weighted by molar-refractivity contribution is 5.36. The molecule has 2 nitrogen and oxygen atoms in total. The van der Waals surface area contributed by atoms with Gasteiger partial charge in [-0.3, -0.25) is 0 Å². The molecule has 0 aromatic heterocycles. The second-order valence-electron chi connectivity index (χ2n) is 5.72. The highest BCUT2D eigenvalue weighted by atomic mass is 14.9. The summed E-state index contributed by atoms with van der Waals surface area (Å²) in [6.45, 7) is 8.63. The van der Waals surface area contributed by atoms with Crippen molar-refractivity contribution in [2.45, 2.75) is 38.6 Å². The third-order valence-electron chi connectivity index (χ3n) is 3.32. The first-order chi connectivity index (χ1) is 8.30. The minimum absolute atomic E-state index is 0.0101. The standard InChI is InChI=1S/C16H22N2/c1-15(2,10-11-16(3,4)18-5)14-8-6-13(12-17)7-9-14/h6-11,18H,1-5H3/b11-10+. The van der Waals surface area contributed by atoms with Crippen molar-refractivity contribution in [3.8, 4) is 6.07 Å². The van der Waals surface area contributed by atoms with Crippen LogP contribution in [-0.4, -0.2) is 12.6 Å². The molecule has 1 aromatic rings. The van der Waals surface area contributed by atoms with Gasteiger partial charge in [-0.25, -0.2) is 0 Å². The van der Waals surface area contributed by atoms with Gasteiger partial charge in [0.05, 0.1) is 11.6 Å². The second kappa shape index (κ2) is 5.37. The van der Waals surface area contributed by atoms with E-state index in [1.54, 1.807) is 0 Å². The van der Waals surface area contributed by atoms with Gasteiger partial charge in [0.15, 0.2) is 0 Å². The topological polar surface area (TPSA) is 35.8 Å². The first-order valence-corrected chi connectivity index (χ1v) is 6.21. The first kappa shape index (κ1) is 14.5. The van der Waals surface area contributed by atoms with E-state index in [0.717, 1.165) is 0 Å². The molecular weight excluding hydrogens is 220 g/mol. The molecule has 1 N–H and O–H groups in total. The van der Waals surface area contributed by atoms with E-state index in [0.29, 0.717) is 5.56 Å². The van der Waals surface area contributed by atoms with Gasteiger partial charge < -0.3 is 5.32 Å². The summed E-state index contributed by atoms with van der Waals surface area (Å²) in [7, 11) is 1.96. The zero-order chi connectivity index (χ0) is 13.8. The lowest BCUT2D eigenvalue weighted by Crippen LogP contribution is -2.34. The molecule has 0 saturated carbocycles. The van der Waals surface area contributed by atoms with E-state index in [1.807, 2.05) is 31.3 Å². The van der Waals surface area contributed by atoms with Crippen LogP contribution in [0.25, 0.3) is 0 Å². The summed E-state index contributed by atoms with van der Waals surface area (Å²) in [5.74, 6) is 0. The highest BCUT2D eigenvalue weighted by Gasteiger charge is 2.19. The van der Waals surface area contributed by atoms with Gasteiger partial charge in [0, 0.05) is 11.0 Å². The number of nitriles is 1. The lowest BCUT2D eigenvalue weighted by atomic mass is 9.82. The van der Waals surface area contributed by atoms with Crippen LogP contribution >= 0.6 is 0 Å². The van der Waals surface area contributed by atoms with Crippen molar-refractivity contribution in [2.24, 2.45) is 0 Å². The maximum Gasteiger partial charge on any atom is 0.0991 e. The molecule has 0 spiro atoms. The molecule has 2 heteroatoms. The summed E-state index contributed by atoms with van der Waals surface area (Å²) in [5.41, 5.74) is 1.87. The van der Waals surface area contributed by atoms with Crippen LogP contribution in [0.1, 0.15) is 38.8 Å². The maximum atomic E-state index is 8.80. The number of nitrogens with one attached hydrogen (secondary N) is 1. The van der Waals surface area contributed by atoms with Gasteiger partial charge in [-0.05, 0) is 38.6 Å². The molecule has 1 aromatic carbocycles. The minimum atomic E-state index is -0.0396. The normalized spacial score (nSPS) is 12.7. The highest BCUT2D eigenvalue weighted by Crippen LogP contribution is 2.26. The fourth-order valence-corrected chi connectivity index (χ4v) is 1.57. The SMILES string of the molecule is CNC(C)(C)/C=C/C(C)(C)c1ccc(C#N)cc1. The van der Waals surface area contributed by atoms with Gasteiger partial charge in [0.25, 0.3) is 0 Å². The average molecular weight is 242 g/mol. The van der Waals surface area contributed by atoms with Crippen LogP contribution in [0.4, 0.5) is 0 Å².